The number of rotatable bonds is 16. The van der Waals surface area contributed by atoms with Crippen LogP contribution in [0, 0.1) is 0 Å². The predicted octanol–water partition coefficient (Wildman–Crippen LogP) is 2.50. The zero-order chi connectivity index (χ0) is 47.4. The number of esters is 1. The second kappa shape index (κ2) is 20.1. The fraction of sp³-hybridized carbons (Fsp3) is 0.432. The van der Waals surface area contributed by atoms with Crippen molar-refractivity contribution in [2.45, 2.75) is 74.9 Å². The standard InChI is InChI=1S/C44H51N5O14S2/c1-21-37(51)26(45)16-32(62-21)63-30-18-44(58,17-25-34(30)41(55)36-35(39(25)53)38(52)24-8-6-10-29(59-3)33(24)40(36)54)31(20-50)47-48-43(57)61-12-14-65-64-13-11-60-42(56)27(46)15-22-19-49(2)28-9-5-4-7-23(22)28/h4-10,19,21,26-27,30,32,37,50-51,53,55,58H,11-18,20,45-46H2,1-3H3,(H,48,57)/b47-31-/t21-,26-,27-,30-,32-,37+,44-/m0/s1/i2D. The number of aromatic nitrogens is 1. The summed E-state index contributed by atoms with van der Waals surface area (Å²) in [5.41, 5.74) is 12.0. The molecule has 1 aromatic heterocycles. The zero-order valence-electron chi connectivity index (χ0n) is 36.4. The van der Waals surface area contributed by atoms with Crippen LogP contribution in [0.3, 0.4) is 0 Å². The number of hydrogen-bond donors (Lipinski definition) is 8. The molecule has 0 unspecified atom stereocenters. The minimum atomic E-state index is -2.22. The van der Waals surface area contributed by atoms with Crippen LogP contribution in [0.25, 0.3) is 10.9 Å². The molecule has 1 saturated heterocycles. The van der Waals surface area contributed by atoms with E-state index in [0.29, 0.717) is 11.5 Å². The first kappa shape index (κ1) is 46.3. The number of aliphatic hydroxyl groups excluding tert-OH is 2. The molecule has 19 nitrogen and oxygen atoms in total. The van der Waals surface area contributed by atoms with Crippen LogP contribution < -0.4 is 21.6 Å². The number of nitrogens with two attached hydrogens (primary N) is 2. The molecule has 0 radical (unpaired) electrons. The van der Waals surface area contributed by atoms with Gasteiger partial charge in [0.15, 0.2) is 12.1 Å². The smallest absolute Gasteiger partial charge is 0.427 e. The molecule has 10 N–H and O–H groups in total. The number of ketones is 2. The van der Waals surface area contributed by atoms with E-state index in [1.54, 1.807) is 11.5 Å². The second-order valence-corrected chi connectivity index (χ2v) is 18.5. The van der Waals surface area contributed by atoms with E-state index in [1.165, 1.54) is 46.9 Å². The minimum absolute atomic E-state index is 0.0362. The van der Waals surface area contributed by atoms with Gasteiger partial charge in [-0.15, -0.1) is 0 Å². The van der Waals surface area contributed by atoms with E-state index in [-0.39, 0.29) is 61.1 Å². The number of aromatic hydroxyl groups is 2. The van der Waals surface area contributed by atoms with Crippen molar-refractivity contribution in [2.75, 3.05) is 38.4 Å². The summed E-state index contributed by atoms with van der Waals surface area (Å²) in [5, 5.41) is 61.7. The largest absolute Gasteiger partial charge is 0.507 e. The van der Waals surface area contributed by atoms with Crippen molar-refractivity contribution in [3.8, 4) is 17.2 Å². The molecule has 1 amide bonds. The van der Waals surface area contributed by atoms with Crippen LogP contribution in [0.4, 0.5) is 4.79 Å². The molecule has 21 heteroatoms. The van der Waals surface area contributed by atoms with Crippen molar-refractivity contribution >= 4 is 61.8 Å². The van der Waals surface area contributed by atoms with Gasteiger partial charge in [0.05, 0.1) is 54.4 Å². The Kier molecular flexibility index (Phi) is 14.3. The van der Waals surface area contributed by atoms with Crippen LogP contribution >= 0.6 is 21.6 Å². The van der Waals surface area contributed by atoms with Crippen LogP contribution in [-0.2, 0) is 43.6 Å². The van der Waals surface area contributed by atoms with E-state index in [2.05, 4.69) is 10.5 Å². The monoisotopic (exact) mass is 938 g/mol. The number of carbonyl (C=O) groups is 4. The first-order valence-corrected chi connectivity index (χ1v) is 23.1. The van der Waals surface area contributed by atoms with Gasteiger partial charge in [0, 0.05) is 85.4 Å². The van der Waals surface area contributed by atoms with Crippen molar-refractivity contribution in [1.82, 2.24) is 9.99 Å². The maximum absolute atomic E-state index is 14.0. The lowest BCUT2D eigenvalue weighted by Gasteiger charge is -2.43. The summed E-state index contributed by atoms with van der Waals surface area (Å²) in [5.74, 6) is -2.77. The van der Waals surface area contributed by atoms with Crippen molar-refractivity contribution < 1.29 is 69.8 Å². The van der Waals surface area contributed by atoms with Gasteiger partial charge in [-0.05, 0) is 24.6 Å². The highest BCUT2D eigenvalue weighted by atomic mass is 33.1. The van der Waals surface area contributed by atoms with Crippen molar-refractivity contribution in [1.29, 1.82) is 0 Å². The summed E-state index contributed by atoms with van der Waals surface area (Å²) in [6.45, 7) is 0.669. The maximum Gasteiger partial charge on any atom is 0.427 e. The quantitative estimate of drug-likeness (QED) is 0.0176. The number of aryl methyl sites for hydroxylation is 1. The molecule has 348 valence electrons. The van der Waals surface area contributed by atoms with Crippen LogP contribution in [0.5, 0.6) is 17.2 Å². The fourth-order valence-electron chi connectivity index (χ4n) is 8.42. The van der Waals surface area contributed by atoms with E-state index in [9.17, 15) is 44.7 Å². The second-order valence-electron chi connectivity index (χ2n) is 15.8. The Morgan fingerprint density at radius 3 is 2.49 bits per heavy atom. The van der Waals surface area contributed by atoms with E-state index >= 15 is 0 Å². The number of hydrazone groups is 1. The van der Waals surface area contributed by atoms with Gasteiger partial charge >= 0.3 is 12.1 Å². The molecular formula is C44H51N5O14S2. The Balaban J connectivity index is 0.974. The molecule has 7 rings (SSSR count). The lowest BCUT2D eigenvalue weighted by Crippen LogP contribution is -2.53. The molecule has 1 aliphatic heterocycles. The Morgan fingerprint density at radius 1 is 1.06 bits per heavy atom. The number of carbonyl (C=O) groups excluding carboxylic acids is 4. The lowest BCUT2D eigenvalue weighted by atomic mass is 9.71. The van der Waals surface area contributed by atoms with Crippen molar-refractivity contribution in [2.24, 2.45) is 23.6 Å². The number of phenols is 2. The van der Waals surface area contributed by atoms with Gasteiger partial charge in [-0.3, -0.25) is 14.4 Å². The molecular weight excluding hydrogens is 887 g/mol. The van der Waals surface area contributed by atoms with E-state index in [0.717, 1.165) is 16.5 Å². The van der Waals surface area contributed by atoms with E-state index in [4.69, 9.17) is 36.5 Å². The van der Waals surface area contributed by atoms with Gasteiger partial charge in [-0.25, -0.2) is 10.2 Å². The Bertz CT molecular complexity index is 2530. The number of hydrogen-bond acceptors (Lipinski definition) is 19. The van der Waals surface area contributed by atoms with Crippen molar-refractivity contribution in [3.63, 3.8) is 0 Å². The van der Waals surface area contributed by atoms with Gasteiger partial charge in [0.1, 0.15) is 42.1 Å². The first-order chi connectivity index (χ1) is 31.6. The van der Waals surface area contributed by atoms with Gasteiger partial charge in [-0.1, -0.05) is 51.9 Å². The van der Waals surface area contributed by atoms with Gasteiger partial charge in [-0.2, -0.15) is 5.10 Å². The van der Waals surface area contributed by atoms with Gasteiger partial charge < -0.3 is 65.3 Å². The summed E-state index contributed by atoms with van der Waals surface area (Å²) >= 11 is 0. The number of amides is 1. The average molecular weight is 939 g/mol. The average Bonchev–Trinajstić information content (AvgIpc) is 3.65. The topological polar surface area (TPSA) is 297 Å². The fourth-order valence-corrected chi connectivity index (χ4v) is 10.1. The van der Waals surface area contributed by atoms with E-state index < -0.39 is 114 Å². The summed E-state index contributed by atoms with van der Waals surface area (Å²) in [4.78, 5) is 53.3. The van der Waals surface area contributed by atoms with E-state index in [1.807, 2.05) is 30.5 Å². The number of phenolic OH excluding ortho intramolecular Hbond substituents is 2. The molecule has 1 fully saturated rings. The maximum atomic E-state index is 14.0. The normalized spacial score (nSPS) is 23.5. The Labute approximate surface area is 382 Å². The molecule has 2 aliphatic carbocycles. The summed E-state index contributed by atoms with van der Waals surface area (Å²) in [7, 11) is 4.07. The van der Waals surface area contributed by atoms with Gasteiger partial charge in [0.25, 0.3) is 0 Å². The van der Waals surface area contributed by atoms with Gasteiger partial charge in [0.2, 0.25) is 5.78 Å². The molecule has 0 spiro atoms. The molecule has 7 atom stereocenters. The molecule has 0 bridgehead atoms. The van der Waals surface area contributed by atoms with Crippen LogP contribution in [-0.4, -0.2) is 134 Å². The number of nitrogens with zero attached hydrogens (tertiary/aromatic N) is 2. The zero-order valence-corrected chi connectivity index (χ0v) is 37.1. The number of aliphatic hydroxyl groups is 3. The Hall–Kier alpha value is -5.23. The number of methoxy groups -OCH3 is 1. The number of para-hydroxylation sites is 1. The third kappa shape index (κ3) is 9.70. The predicted molar refractivity (Wildman–Crippen MR) is 239 cm³/mol. The highest BCUT2D eigenvalue weighted by Crippen LogP contribution is 2.52. The Morgan fingerprint density at radius 2 is 1.78 bits per heavy atom. The molecule has 65 heavy (non-hydrogen) atoms. The van der Waals surface area contributed by atoms with Crippen LogP contribution in [0.2, 0.25) is 0 Å². The SMILES string of the molecule is [2H]Cn1cc(C[C@H](N)C(=O)OCCSSCCOC(=O)N/N=C(/CO)[C@]2(O)Cc3c(O)c4c(c(O)c3[C@@H](O[C@H]3C[C@H](N)[C@H](O)[C@H](C)O3)C2)C(=O)c2c(OC)cccc2C4=O)c2ccccc21. The van der Waals surface area contributed by atoms with Crippen LogP contribution in [0.1, 0.15) is 75.8 Å². The number of nitrogens with one attached hydrogen (secondary N) is 1. The third-order valence-electron chi connectivity index (χ3n) is 11.6. The lowest BCUT2D eigenvalue weighted by molar-refractivity contribution is -0.245. The first-order valence-electron chi connectivity index (χ1n) is 21.3. The number of ether oxygens (including phenoxy) is 5. The number of benzene rings is 3. The third-order valence-corrected chi connectivity index (χ3v) is 14.0. The van der Waals surface area contributed by atoms with Crippen molar-refractivity contribution in [3.05, 3.63) is 87.6 Å². The highest BCUT2D eigenvalue weighted by Gasteiger charge is 2.49. The van der Waals surface area contributed by atoms with Crippen LogP contribution in [0.15, 0.2) is 53.8 Å². The summed E-state index contributed by atoms with van der Waals surface area (Å²) in [6, 6.07) is 10.2. The molecule has 3 aliphatic rings. The minimum Gasteiger partial charge on any atom is -0.507 e. The molecule has 3 aromatic carbocycles. The molecule has 2 heterocycles. The molecule has 4 aromatic rings. The highest BCUT2D eigenvalue weighted by molar-refractivity contribution is 8.76. The number of fused-ring (bicyclic) bond motifs is 4. The molecule has 0 saturated carbocycles. The summed E-state index contributed by atoms with van der Waals surface area (Å²) in [6.07, 6.45) is -4.43. The summed E-state index contributed by atoms with van der Waals surface area (Å²) < 4.78 is 37.5.